The number of benzene rings is 2. The standard InChI is InChI=1S/C28H31N5O4/c1-3-37-22-13-9-20(10-14-22)15-29-25(34)23-24-26(35)33(21-11-12-21)28(2,17-32(24)18-31-23)27(36)30-16-19-7-5-4-6-8-19/h4-10,13-14,18,21H,3,11-12,15-17H2,1-2H3,(H,29,34)(H,30,36). The molecule has 37 heavy (non-hydrogen) atoms. The summed E-state index contributed by atoms with van der Waals surface area (Å²) in [6.07, 6.45) is 3.15. The monoisotopic (exact) mass is 501 g/mol. The van der Waals surface area contributed by atoms with Gasteiger partial charge >= 0.3 is 0 Å². The maximum absolute atomic E-state index is 13.7. The van der Waals surface area contributed by atoms with Gasteiger partial charge in [0.1, 0.15) is 17.0 Å². The minimum Gasteiger partial charge on any atom is -0.494 e. The topological polar surface area (TPSA) is 106 Å². The van der Waals surface area contributed by atoms with Crippen molar-refractivity contribution >= 4 is 17.7 Å². The lowest BCUT2D eigenvalue weighted by Crippen LogP contribution is -2.64. The molecule has 9 nitrogen and oxygen atoms in total. The average Bonchev–Trinajstić information content (AvgIpc) is 3.65. The predicted molar refractivity (Wildman–Crippen MR) is 137 cm³/mol. The number of ether oxygens (including phenoxy) is 1. The Morgan fingerprint density at radius 3 is 2.38 bits per heavy atom. The first kappa shape index (κ1) is 24.5. The van der Waals surface area contributed by atoms with Crippen molar-refractivity contribution in [2.75, 3.05) is 6.61 Å². The highest BCUT2D eigenvalue weighted by Gasteiger charge is 2.53. The molecule has 1 aromatic heterocycles. The van der Waals surface area contributed by atoms with Crippen LogP contribution in [0.1, 0.15) is 58.8 Å². The third-order valence-corrected chi connectivity index (χ3v) is 6.87. The molecule has 5 rings (SSSR count). The number of nitrogens with zero attached hydrogens (tertiary/aromatic N) is 3. The van der Waals surface area contributed by atoms with Gasteiger partial charge in [0.15, 0.2) is 5.69 Å². The van der Waals surface area contributed by atoms with E-state index in [9.17, 15) is 14.4 Å². The summed E-state index contributed by atoms with van der Waals surface area (Å²) in [6, 6.07) is 17.1. The van der Waals surface area contributed by atoms with Crippen LogP contribution in [0.5, 0.6) is 5.75 Å². The molecule has 2 heterocycles. The van der Waals surface area contributed by atoms with Crippen LogP contribution in [0.15, 0.2) is 60.9 Å². The molecule has 2 aliphatic rings. The van der Waals surface area contributed by atoms with Gasteiger partial charge in [0.25, 0.3) is 11.8 Å². The Hall–Kier alpha value is -4.14. The van der Waals surface area contributed by atoms with E-state index in [1.807, 2.05) is 61.5 Å². The smallest absolute Gasteiger partial charge is 0.274 e. The summed E-state index contributed by atoms with van der Waals surface area (Å²) in [4.78, 5) is 46.2. The Balaban J connectivity index is 1.32. The molecule has 9 heteroatoms. The van der Waals surface area contributed by atoms with Crippen molar-refractivity contribution in [3.05, 3.63) is 83.4 Å². The van der Waals surface area contributed by atoms with Gasteiger partial charge in [-0.3, -0.25) is 14.4 Å². The molecule has 3 amide bonds. The lowest BCUT2D eigenvalue weighted by Gasteiger charge is -2.44. The molecule has 1 saturated carbocycles. The number of amides is 3. The fourth-order valence-electron chi connectivity index (χ4n) is 4.83. The van der Waals surface area contributed by atoms with Crippen LogP contribution in [0.3, 0.4) is 0 Å². The molecule has 2 N–H and O–H groups in total. The number of aromatic nitrogens is 2. The minimum atomic E-state index is -1.09. The Morgan fingerprint density at radius 2 is 1.70 bits per heavy atom. The first-order chi connectivity index (χ1) is 17.9. The summed E-state index contributed by atoms with van der Waals surface area (Å²) in [5.74, 6) is -0.224. The van der Waals surface area contributed by atoms with E-state index in [1.54, 1.807) is 16.4 Å². The number of hydrogen-bond acceptors (Lipinski definition) is 5. The van der Waals surface area contributed by atoms with Crippen LogP contribution < -0.4 is 15.4 Å². The first-order valence-electron chi connectivity index (χ1n) is 12.6. The van der Waals surface area contributed by atoms with Crippen LogP contribution in [-0.2, 0) is 24.4 Å². The zero-order chi connectivity index (χ0) is 26.0. The van der Waals surface area contributed by atoms with Crippen molar-refractivity contribution in [2.24, 2.45) is 0 Å². The molecule has 3 aromatic rings. The number of rotatable bonds is 9. The molecule has 192 valence electrons. The van der Waals surface area contributed by atoms with Crippen LogP contribution >= 0.6 is 0 Å². The van der Waals surface area contributed by atoms with E-state index in [0.29, 0.717) is 13.2 Å². The van der Waals surface area contributed by atoms with Crippen molar-refractivity contribution in [3.63, 3.8) is 0 Å². The number of nitrogens with one attached hydrogen (secondary N) is 2. The van der Waals surface area contributed by atoms with Crippen LogP contribution in [-0.4, -0.2) is 50.4 Å². The molecule has 1 atom stereocenters. The number of imidazole rings is 1. The number of fused-ring (bicyclic) bond motifs is 1. The minimum absolute atomic E-state index is 0.0246. The van der Waals surface area contributed by atoms with E-state index in [0.717, 1.165) is 29.7 Å². The van der Waals surface area contributed by atoms with Gasteiger partial charge in [0.05, 0.1) is 19.5 Å². The summed E-state index contributed by atoms with van der Waals surface area (Å²) in [6.45, 7) is 5.18. The summed E-state index contributed by atoms with van der Waals surface area (Å²) in [7, 11) is 0. The van der Waals surface area contributed by atoms with E-state index in [2.05, 4.69) is 15.6 Å². The molecule has 1 aliphatic heterocycles. The van der Waals surface area contributed by atoms with Crippen LogP contribution in [0.4, 0.5) is 0 Å². The Labute approximate surface area is 215 Å². The van der Waals surface area contributed by atoms with Crippen LogP contribution in [0, 0.1) is 0 Å². The molecular weight excluding hydrogens is 470 g/mol. The molecule has 0 spiro atoms. The molecular formula is C28H31N5O4. The van der Waals surface area contributed by atoms with E-state index in [4.69, 9.17) is 4.74 Å². The van der Waals surface area contributed by atoms with Crippen molar-refractivity contribution in [3.8, 4) is 5.75 Å². The second kappa shape index (κ2) is 10.1. The third kappa shape index (κ3) is 4.94. The Kier molecular flexibility index (Phi) is 6.69. The average molecular weight is 502 g/mol. The van der Waals surface area contributed by atoms with Crippen LogP contribution in [0.25, 0.3) is 0 Å². The van der Waals surface area contributed by atoms with Gasteiger partial charge in [-0.25, -0.2) is 4.98 Å². The van der Waals surface area contributed by atoms with E-state index in [-0.39, 0.29) is 42.3 Å². The third-order valence-electron chi connectivity index (χ3n) is 6.87. The fraction of sp³-hybridized carbons (Fsp3) is 0.357. The van der Waals surface area contributed by atoms with E-state index in [1.165, 1.54) is 6.33 Å². The summed E-state index contributed by atoms with van der Waals surface area (Å²) in [5.41, 5.74) is 1.10. The maximum atomic E-state index is 13.7. The fourth-order valence-corrected chi connectivity index (χ4v) is 4.83. The lowest BCUT2D eigenvalue weighted by atomic mass is 9.93. The molecule has 1 fully saturated rings. The quantitative estimate of drug-likeness (QED) is 0.469. The highest BCUT2D eigenvalue weighted by molar-refractivity contribution is 6.07. The number of hydrogen-bond donors (Lipinski definition) is 2. The van der Waals surface area contributed by atoms with Gasteiger partial charge in [0.2, 0.25) is 5.91 Å². The van der Waals surface area contributed by atoms with E-state index >= 15 is 0 Å². The first-order valence-corrected chi connectivity index (χ1v) is 12.6. The second-order valence-corrected chi connectivity index (χ2v) is 9.68. The Bertz CT molecular complexity index is 1300. The summed E-state index contributed by atoms with van der Waals surface area (Å²) in [5, 5.41) is 5.86. The van der Waals surface area contributed by atoms with Gasteiger partial charge in [-0.2, -0.15) is 0 Å². The molecule has 1 unspecified atom stereocenters. The van der Waals surface area contributed by atoms with Gasteiger partial charge in [-0.15, -0.1) is 0 Å². The molecule has 0 saturated heterocycles. The summed E-state index contributed by atoms with van der Waals surface area (Å²) < 4.78 is 7.09. The van der Waals surface area contributed by atoms with Gasteiger partial charge in [0, 0.05) is 19.1 Å². The molecule has 0 bridgehead atoms. The highest BCUT2D eigenvalue weighted by Crippen LogP contribution is 2.38. The molecule has 2 aromatic carbocycles. The highest BCUT2D eigenvalue weighted by atomic mass is 16.5. The normalized spacial score (nSPS) is 18.8. The SMILES string of the molecule is CCOc1ccc(CNC(=O)c2ncn3c2C(=O)N(C2CC2)C(C)(C(=O)NCc2ccccc2)C3)cc1. The number of carbonyl (C=O) groups excluding carboxylic acids is 3. The van der Waals surface area contributed by atoms with E-state index < -0.39 is 11.4 Å². The second-order valence-electron chi connectivity index (χ2n) is 9.68. The van der Waals surface area contributed by atoms with Crippen molar-refractivity contribution in [2.45, 2.75) is 57.9 Å². The largest absolute Gasteiger partial charge is 0.494 e. The lowest BCUT2D eigenvalue weighted by molar-refractivity contribution is -0.133. The van der Waals surface area contributed by atoms with Crippen molar-refractivity contribution in [1.82, 2.24) is 25.1 Å². The van der Waals surface area contributed by atoms with Gasteiger partial charge in [-0.1, -0.05) is 42.5 Å². The van der Waals surface area contributed by atoms with Gasteiger partial charge in [-0.05, 0) is 49.9 Å². The van der Waals surface area contributed by atoms with Crippen molar-refractivity contribution < 1.29 is 19.1 Å². The van der Waals surface area contributed by atoms with Gasteiger partial charge < -0.3 is 24.8 Å². The Morgan fingerprint density at radius 1 is 1.03 bits per heavy atom. The predicted octanol–water partition coefficient (Wildman–Crippen LogP) is 2.91. The maximum Gasteiger partial charge on any atom is 0.274 e. The zero-order valence-electron chi connectivity index (χ0n) is 21.1. The molecule has 0 radical (unpaired) electrons. The molecule has 1 aliphatic carbocycles. The number of carbonyl (C=O) groups is 3. The zero-order valence-corrected chi connectivity index (χ0v) is 21.1. The summed E-state index contributed by atoms with van der Waals surface area (Å²) >= 11 is 0. The van der Waals surface area contributed by atoms with Crippen molar-refractivity contribution in [1.29, 1.82) is 0 Å². The van der Waals surface area contributed by atoms with Crippen LogP contribution in [0.2, 0.25) is 0 Å².